The third-order valence-corrected chi connectivity index (χ3v) is 7.42. The van der Waals surface area contributed by atoms with Gasteiger partial charge in [0.2, 0.25) is 5.91 Å². The summed E-state index contributed by atoms with van der Waals surface area (Å²) in [4.78, 5) is 29.4. The molecule has 8 heteroatoms. The highest BCUT2D eigenvalue weighted by Crippen LogP contribution is 2.31. The molecule has 168 valence electrons. The Morgan fingerprint density at radius 1 is 1.00 bits per heavy atom. The Balaban J connectivity index is 1.36. The van der Waals surface area contributed by atoms with Gasteiger partial charge in [-0.25, -0.2) is 4.98 Å². The van der Waals surface area contributed by atoms with Crippen LogP contribution >= 0.6 is 34.7 Å². The van der Waals surface area contributed by atoms with E-state index in [4.69, 9.17) is 11.6 Å². The molecule has 0 aliphatic heterocycles. The molecular weight excluding hydrogens is 474 g/mol. The van der Waals surface area contributed by atoms with E-state index in [1.807, 2.05) is 36.4 Å². The molecule has 1 heterocycles. The van der Waals surface area contributed by atoms with E-state index in [1.54, 1.807) is 30.3 Å². The standard InChI is InChI=1S/C25H22ClN3O2S2/c1-15(2)16-7-9-17(10-8-16)27-23(30)14-32-25-29-21-12-11-18(13-22(21)33-25)28-24(31)19-5-3-4-6-20(19)26/h3-13,15H,14H2,1-2H3,(H,27,30)(H,28,31). The van der Waals surface area contributed by atoms with Crippen LogP contribution in [0.5, 0.6) is 0 Å². The minimum atomic E-state index is -0.267. The average Bonchev–Trinajstić information content (AvgIpc) is 3.20. The zero-order valence-electron chi connectivity index (χ0n) is 18.1. The number of thiazole rings is 1. The van der Waals surface area contributed by atoms with Crippen LogP contribution in [0.25, 0.3) is 10.2 Å². The van der Waals surface area contributed by atoms with Crippen LogP contribution in [0, 0.1) is 0 Å². The maximum atomic E-state index is 12.5. The number of anilines is 2. The first-order chi connectivity index (χ1) is 15.9. The summed E-state index contributed by atoms with van der Waals surface area (Å²) in [5.74, 6) is 0.373. The number of carbonyl (C=O) groups is 2. The first-order valence-corrected chi connectivity index (χ1v) is 12.6. The zero-order valence-corrected chi connectivity index (χ0v) is 20.5. The SMILES string of the molecule is CC(C)c1ccc(NC(=O)CSc2nc3ccc(NC(=O)c4ccccc4Cl)cc3s2)cc1. The Kier molecular flexibility index (Phi) is 7.33. The van der Waals surface area contributed by atoms with E-state index in [9.17, 15) is 9.59 Å². The number of hydrogen-bond acceptors (Lipinski definition) is 5. The monoisotopic (exact) mass is 495 g/mol. The van der Waals surface area contributed by atoms with E-state index in [2.05, 4.69) is 29.5 Å². The first kappa shape index (κ1) is 23.3. The van der Waals surface area contributed by atoms with Gasteiger partial charge in [0.25, 0.3) is 5.91 Å². The van der Waals surface area contributed by atoms with Crippen LogP contribution in [0.2, 0.25) is 5.02 Å². The third kappa shape index (κ3) is 5.93. The fraction of sp³-hybridized carbons (Fsp3) is 0.160. The number of thioether (sulfide) groups is 1. The van der Waals surface area contributed by atoms with Crippen LogP contribution in [-0.4, -0.2) is 22.6 Å². The molecule has 0 aliphatic carbocycles. The van der Waals surface area contributed by atoms with Gasteiger partial charge in [0.1, 0.15) is 0 Å². The minimum Gasteiger partial charge on any atom is -0.325 e. The maximum absolute atomic E-state index is 12.5. The highest BCUT2D eigenvalue weighted by molar-refractivity contribution is 8.01. The topological polar surface area (TPSA) is 71.1 Å². The molecule has 3 aromatic carbocycles. The first-order valence-electron chi connectivity index (χ1n) is 10.4. The van der Waals surface area contributed by atoms with Crippen molar-refractivity contribution in [3.05, 3.63) is 82.9 Å². The van der Waals surface area contributed by atoms with Gasteiger partial charge >= 0.3 is 0 Å². The maximum Gasteiger partial charge on any atom is 0.257 e. The molecule has 33 heavy (non-hydrogen) atoms. The van der Waals surface area contributed by atoms with Crippen molar-refractivity contribution in [1.29, 1.82) is 0 Å². The molecule has 0 saturated carbocycles. The molecule has 1 aromatic heterocycles. The van der Waals surface area contributed by atoms with Crippen LogP contribution in [0.4, 0.5) is 11.4 Å². The molecule has 5 nitrogen and oxygen atoms in total. The van der Waals surface area contributed by atoms with Crippen molar-refractivity contribution in [2.24, 2.45) is 0 Å². The van der Waals surface area contributed by atoms with Crippen molar-refractivity contribution >= 4 is 68.1 Å². The minimum absolute atomic E-state index is 0.0794. The van der Waals surface area contributed by atoms with Crippen molar-refractivity contribution in [2.45, 2.75) is 24.1 Å². The number of fused-ring (bicyclic) bond motifs is 1. The van der Waals surface area contributed by atoms with Gasteiger partial charge in [0.05, 0.1) is 26.6 Å². The van der Waals surface area contributed by atoms with Gasteiger partial charge in [-0.2, -0.15) is 0 Å². The number of aromatic nitrogens is 1. The van der Waals surface area contributed by atoms with Gasteiger partial charge < -0.3 is 10.6 Å². The number of halogens is 1. The van der Waals surface area contributed by atoms with Gasteiger partial charge in [-0.05, 0) is 53.9 Å². The molecule has 0 saturated heterocycles. The predicted octanol–water partition coefficient (Wildman–Crippen LogP) is 7.06. The number of benzene rings is 3. The Morgan fingerprint density at radius 2 is 1.73 bits per heavy atom. The van der Waals surface area contributed by atoms with E-state index in [1.165, 1.54) is 28.7 Å². The second kappa shape index (κ2) is 10.4. The number of hydrogen-bond donors (Lipinski definition) is 2. The number of amides is 2. The largest absolute Gasteiger partial charge is 0.325 e. The molecule has 0 spiro atoms. The third-order valence-electron chi connectivity index (χ3n) is 4.93. The lowest BCUT2D eigenvalue weighted by atomic mass is 10.0. The van der Waals surface area contributed by atoms with E-state index in [-0.39, 0.29) is 17.6 Å². The van der Waals surface area contributed by atoms with Gasteiger partial charge in [0, 0.05) is 11.4 Å². The number of nitrogens with zero attached hydrogens (tertiary/aromatic N) is 1. The zero-order chi connectivity index (χ0) is 23.4. The van der Waals surface area contributed by atoms with E-state index in [0.717, 1.165) is 20.2 Å². The van der Waals surface area contributed by atoms with Crippen LogP contribution in [-0.2, 0) is 4.79 Å². The van der Waals surface area contributed by atoms with Crippen molar-refractivity contribution in [2.75, 3.05) is 16.4 Å². The predicted molar refractivity (Wildman–Crippen MR) is 139 cm³/mol. The van der Waals surface area contributed by atoms with Gasteiger partial charge in [-0.3, -0.25) is 9.59 Å². The summed E-state index contributed by atoms with van der Waals surface area (Å²) in [6.07, 6.45) is 0. The van der Waals surface area contributed by atoms with Crippen molar-refractivity contribution in [3.8, 4) is 0 Å². The van der Waals surface area contributed by atoms with E-state index >= 15 is 0 Å². The van der Waals surface area contributed by atoms with Gasteiger partial charge in [0.15, 0.2) is 4.34 Å². The van der Waals surface area contributed by atoms with Gasteiger partial charge in [-0.15, -0.1) is 11.3 Å². The summed E-state index contributed by atoms with van der Waals surface area (Å²) in [5.41, 5.74) is 3.93. The van der Waals surface area contributed by atoms with E-state index < -0.39 is 0 Å². The van der Waals surface area contributed by atoms with Crippen LogP contribution < -0.4 is 10.6 Å². The summed E-state index contributed by atoms with van der Waals surface area (Å²) >= 11 is 8.99. The molecule has 0 bridgehead atoms. The van der Waals surface area contributed by atoms with Crippen LogP contribution in [0.15, 0.2) is 71.1 Å². The number of nitrogens with one attached hydrogen (secondary N) is 2. The summed E-state index contributed by atoms with van der Waals surface area (Å²) < 4.78 is 1.73. The number of carbonyl (C=O) groups excluding carboxylic acids is 2. The highest BCUT2D eigenvalue weighted by atomic mass is 35.5. The van der Waals surface area contributed by atoms with Crippen LogP contribution in [0.3, 0.4) is 0 Å². The lowest BCUT2D eigenvalue weighted by Crippen LogP contribution is -2.13. The van der Waals surface area contributed by atoms with Crippen molar-refractivity contribution in [1.82, 2.24) is 4.98 Å². The number of rotatable bonds is 7. The normalized spacial score (nSPS) is 11.0. The fourth-order valence-corrected chi connectivity index (χ4v) is 5.29. The summed E-state index contributed by atoms with van der Waals surface area (Å²) in [6, 6.07) is 20.4. The van der Waals surface area contributed by atoms with Crippen molar-refractivity contribution in [3.63, 3.8) is 0 Å². The molecule has 0 unspecified atom stereocenters. The Labute approximate surface area is 205 Å². The molecule has 0 fully saturated rings. The van der Waals surface area contributed by atoms with Gasteiger partial charge in [-0.1, -0.05) is 61.5 Å². The Hall–Kier alpha value is -2.87. The molecular formula is C25H22ClN3O2S2. The van der Waals surface area contributed by atoms with E-state index in [0.29, 0.717) is 22.2 Å². The Bertz CT molecular complexity index is 1300. The molecule has 0 aliphatic rings. The molecule has 0 radical (unpaired) electrons. The van der Waals surface area contributed by atoms with Crippen LogP contribution in [0.1, 0.15) is 35.7 Å². The lowest BCUT2D eigenvalue weighted by Gasteiger charge is -2.08. The molecule has 2 N–H and O–H groups in total. The molecule has 4 aromatic rings. The quantitative estimate of drug-likeness (QED) is 0.269. The molecule has 0 atom stereocenters. The average molecular weight is 496 g/mol. The lowest BCUT2D eigenvalue weighted by molar-refractivity contribution is -0.113. The summed E-state index contributed by atoms with van der Waals surface area (Å²) in [6.45, 7) is 4.27. The smallest absolute Gasteiger partial charge is 0.257 e. The Morgan fingerprint density at radius 3 is 2.45 bits per heavy atom. The molecule has 2 amide bonds. The highest BCUT2D eigenvalue weighted by Gasteiger charge is 2.12. The second-order valence-electron chi connectivity index (χ2n) is 7.71. The summed E-state index contributed by atoms with van der Waals surface area (Å²) in [5, 5.41) is 6.20. The second-order valence-corrected chi connectivity index (χ2v) is 10.4. The molecule has 4 rings (SSSR count). The summed E-state index contributed by atoms with van der Waals surface area (Å²) in [7, 11) is 0. The fourth-order valence-electron chi connectivity index (χ4n) is 3.16. The van der Waals surface area contributed by atoms with Crippen molar-refractivity contribution < 1.29 is 9.59 Å².